The summed E-state index contributed by atoms with van der Waals surface area (Å²) in [5, 5.41) is 6.76. The van der Waals surface area contributed by atoms with Gasteiger partial charge in [-0.15, -0.1) is 24.0 Å². The lowest BCUT2D eigenvalue weighted by Crippen LogP contribution is -2.37. The lowest BCUT2D eigenvalue weighted by molar-refractivity contribution is 0.414. The number of nitrogens with one attached hydrogen (secondary N) is 2. The number of anilines is 1. The second kappa shape index (κ2) is 12.4. The molecule has 0 radical (unpaired) electrons. The van der Waals surface area contributed by atoms with Crippen molar-refractivity contribution in [1.29, 1.82) is 0 Å². The van der Waals surface area contributed by atoms with Crippen LogP contribution in [0.1, 0.15) is 30.4 Å². The summed E-state index contributed by atoms with van der Waals surface area (Å²) in [7, 11) is 7.48. The van der Waals surface area contributed by atoms with E-state index in [2.05, 4.69) is 45.7 Å². The van der Waals surface area contributed by atoms with Gasteiger partial charge in [0.2, 0.25) is 0 Å². The standard InChI is InChI=1S/C21H31N5O.HI/c1-16(17-8-10-19(27-5)11-9-17)12-14-24-21(22-2)25-15-18-7-6-13-23-20(18)26(3)4;/h6-11,13,16H,12,14-15H2,1-5H3,(H2,22,24,25);1H. The quantitative estimate of drug-likeness (QED) is 0.332. The number of halogens is 1. The number of aliphatic imine (C=N–C) groups is 1. The van der Waals surface area contributed by atoms with Gasteiger partial charge in [0, 0.05) is 46.0 Å². The van der Waals surface area contributed by atoms with E-state index in [0.29, 0.717) is 12.5 Å². The maximum absolute atomic E-state index is 5.22. The Labute approximate surface area is 185 Å². The van der Waals surface area contributed by atoms with Gasteiger partial charge < -0.3 is 20.3 Å². The van der Waals surface area contributed by atoms with Gasteiger partial charge in [-0.1, -0.05) is 25.1 Å². The van der Waals surface area contributed by atoms with Crippen LogP contribution >= 0.6 is 24.0 Å². The highest BCUT2D eigenvalue weighted by molar-refractivity contribution is 14.0. The van der Waals surface area contributed by atoms with Crippen LogP contribution in [-0.4, -0.2) is 45.7 Å². The number of methoxy groups -OCH3 is 1. The number of guanidine groups is 1. The van der Waals surface area contributed by atoms with E-state index in [4.69, 9.17) is 4.74 Å². The van der Waals surface area contributed by atoms with Crippen molar-refractivity contribution in [2.45, 2.75) is 25.8 Å². The molecule has 1 aromatic carbocycles. The third-order valence-corrected chi connectivity index (χ3v) is 4.52. The summed E-state index contributed by atoms with van der Waals surface area (Å²) in [6.07, 6.45) is 2.83. The van der Waals surface area contributed by atoms with Crippen molar-refractivity contribution in [2.24, 2.45) is 4.99 Å². The predicted molar refractivity (Wildman–Crippen MR) is 128 cm³/mol. The Balaban J connectivity index is 0.00000392. The highest BCUT2D eigenvalue weighted by Crippen LogP contribution is 2.21. The molecule has 6 nitrogen and oxygen atoms in total. The molecule has 2 rings (SSSR count). The number of rotatable bonds is 8. The molecule has 0 saturated carbocycles. The van der Waals surface area contributed by atoms with E-state index < -0.39 is 0 Å². The summed E-state index contributed by atoms with van der Waals surface area (Å²) in [5.74, 6) is 3.11. The van der Waals surface area contributed by atoms with Crippen molar-refractivity contribution in [2.75, 3.05) is 39.7 Å². The minimum atomic E-state index is 0. The van der Waals surface area contributed by atoms with Gasteiger partial charge in [0.05, 0.1) is 7.11 Å². The van der Waals surface area contributed by atoms with E-state index >= 15 is 0 Å². The third-order valence-electron chi connectivity index (χ3n) is 4.52. The summed E-state index contributed by atoms with van der Waals surface area (Å²) in [6.45, 7) is 3.76. The molecule has 2 aromatic rings. The van der Waals surface area contributed by atoms with Crippen LogP contribution in [0, 0.1) is 0 Å². The molecule has 0 amide bonds. The summed E-state index contributed by atoms with van der Waals surface area (Å²) in [5.41, 5.74) is 2.45. The molecule has 0 spiro atoms. The minimum Gasteiger partial charge on any atom is -0.497 e. The summed E-state index contributed by atoms with van der Waals surface area (Å²) < 4.78 is 5.22. The summed E-state index contributed by atoms with van der Waals surface area (Å²) in [6, 6.07) is 12.3. The number of pyridine rings is 1. The van der Waals surface area contributed by atoms with Crippen molar-refractivity contribution >= 4 is 35.8 Å². The van der Waals surface area contributed by atoms with Crippen molar-refractivity contribution in [3.05, 3.63) is 53.7 Å². The van der Waals surface area contributed by atoms with Gasteiger partial charge in [-0.3, -0.25) is 4.99 Å². The third kappa shape index (κ3) is 7.18. The Morgan fingerprint density at radius 1 is 1.18 bits per heavy atom. The largest absolute Gasteiger partial charge is 0.497 e. The highest BCUT2D eigenvalue weighted by atomic mass is 127. The molecule has 0 aliphatic rings. The molecule has 1 aromatic heterocycles. The van der Waals surface area contributed by atoms with E-state index in [1.807, 2.05) is 43.4 Å². The van der Waals surface area contributed by atoms with Crippen LogP contribution in [0.15, 0.2) is 47.6 Å². The van der Waals surface area contributed by atoms with Gasteiger partial charge in [0.1, 0.15) is 11.6 Å². The number of nitrogens with zero attached hydrogens (tertiary/aromatic N) is 3. The van der Waals surface area contributed by atoms with Crippen LogP contribution < -0.4 is 20.3 Å². The molecule has 0 saturated heterocycles. The van der Waals surface area contributed by atoms with Crippen molar-refractivity contribution in [3.63, 3.8) is 0 Å². The lowest BCUT2D eigenvalue weighted by Gasteiger charge is -2.18. The first kappa shape index (κ1) is 24.0. The van der Waals surface area contributed by atoms with Crippen LogP contribution in [0.2, 0.25) is 0 Å². The Hall–Kier alpha value is -2.03. The molecular weight excluding hydrogens is 465 g/mol. The van der Waals surface area contributed by atoms with Crippen molar-refractivity contribution in [3.8, 4) is 5.75 Å². The Morgan fingerprint density at radius 3 is 2.50 bits per heavy atom. The molecule has 2 N–H and O–H groups in total. The molecule has 1 atom stereocenters. The Kier molecular flexibility index (Phi) is 10.7. The first-order chi connectivity index (χ1) is 13.0. The average Bonchev–Trinajstić information content (AvgIpc) is 2.70. The number of ether oxygens (including phenoxy) is 1. The first-order valence-corrected chi connectivity index (χ1v) is 9.24. The topological polar surface area (TPSA) is 61.8 Å². The maximum atomic E-state index is 5.22. The van der Waals surface area contributed by atoms with Gasteiger partial charge in [-0.2, -0.15) is 0 Å². The maximum Gasteiger partial charge on any atom is 0.191 e. The van der Waals surface area contributed by atoms with E-state index in [1.54, 1.807) is 14.2 Å². The molecule has 154 valence electrons. The van der Waals surface area contributed by atoms with Crippen LogP contribution in [0.3, 0.4) is 0 Å². The smallest absolute Gasteiger partial charge is 0.191 e. The molecule has 7 heteroatoms. The van der Waals surface area contributed by atoms with Crippen molar-refractivity contribution < 1.29 is 4.74 Å². The fraction of sp³-hybridized carbons (Fsp3) is 0.429. The van der Waals surface area contributed by atoms with Crippen molar-refractivity contribution in [1.82, 2.24) is 15.6 Å². The second-order valence-electron chi connectivity index (χ2n) is 6.70. The van der Waals surface area contributed by atoms with E-state index in [0.717, 1.165) is 36.1 Å². The summed E-state index contributed by atoms with van der Waals surface area (Å²) >= 11 is 0. The molecular formula is C21H32IN5O. The van der Waals surface area contributed by atoms with Crippen LogP contribution in [-0.2, 0) is 6.54 Å². The second-order valence-corrected chi connectivity index (χ2v) is 6.70. The predicted octanol–water partition coefficient (Wildman–Crippen LogP) is 3.63. The van der Waals surface area contributed by atoms with Crippen LogP contribution in [0.4, 0.5) is 5.82 Å². The first-order valence-electron chi connectivity index (χ1n) is 9.24. The number of benzene rings is 1. The SMILES string of the molecule is CN=C(NCCC(C)c1ccc(OC)cc1)NCc1cccnc1N(C)C.I. The normalized spacial score (nSPS) is 12.0. The zero-order valence-electron chi connectivity index (χ0n) is 17.4. The average molecular weight is 497 g/mol. The van der Waals surface area contributed by atoms with E-state index in [-0.39, 0.29) is 24.0 Å². The van der Waals surface area contributed by atoms with Gasteiger partial charge in [-0.25, -0.2) is 4.98 Å². The molecule has 0 fully saturated rings. The van der Waals surface area contributed by atoms with Gasteiger partial charge in [-0.05, 0) is 36.1 Å². The number of hydrogen-bond donors (Lipinski definition) is 2. The van der Waals surface area contributed by atoms with E-state index in [9.17, 15) is 0 Å². The van der Waals surface area contributed by atoms with Gasteiger partial charge >= 0.3 is 0 Å². The molecule has 0 aliphatic heterocycles. The zero-order valence-corrected chi connectivity index (χ0v) is 19.7. The van der Waals surface area contributed by atoms with Gasteiger partial charge in [0.15, 0.2) is 5.96 Å². The Bertz CT molecular complexity index is 734. The fourth-order valence-corrected chi connectivity index (χ4v) is 2.88. The Morgan fingerprint density at radius 2 is 1.89 bits per heavy atom. The van der Waals surface area contributed by atoms with E-state index in [1.165, 1.54) is 5.56 Å². The number of hydrogen-bond acceptors (Lipinski definition) is 4. The van der Waals surface area contributed by atoms with Crippen LogP contribution in [0.25, 0.3) is 0 Å². The molecule has 1 heterocycles. The summed E-state index contributed by atoms with van der Waals surface area (Å²) in [4.78, 5) is 10.8. The molecule has 0 bridgehead atoms. The zero-order chi connectivity index (χ0) is 19.6. The monoisotopic (exact) mass is 497 g/mol. The highest BCUT2D eigenvalue weighted by Gasteiger charge is 2.08. The van der Waals surface area contributed by atoms with Crippen LogP contribution in [0.5, 0.6) is 5.75 Å². The minimum absolute atomic E-state index is 0. The molecule has 0 aliphatic carbocycles. The van der Waals surface area contributed by atoms with Gasteiger partial charge in [0.25, 0.3) is 0 Å². The fourth-order valence-electron chi connectivity index (χ4n) is 2.88. The number of aromatic nitrogens is 1. The molecule has 28 heavy (non-hydrogen) atoms. The molecule has 1 unspecified atom stereocenters. The lowest BCUT2D eigenvalue weighted by atomic mass is 9.98.